The van der Waals surface area contributed by atoms with Crippen molar-refractivity contribution in [2.45, 2.75) is 65.5 Å². The van der Waals surface area contributed by atoms with Crippen LogP contribution in [0.5, 0.6) is 0 Å². The van der Waals surface area contributed by atoms with E-state index in [1.165, 1.54) is 7.05 Å². The minimum absolute atomic E-state index is 0.120. The fourth-order valence-electron chi connectivity index (χ4n) is 4.63. The average Bonchev–Trinajstić information content (AvgIpc) is 2.93. The Morgan fingerprint density at radius 3 is 2.10 bits per heavy atom. The van der Waals surface area contributed by atoms with Crippen molar-refractivity contribution in [1.29, 1.82) is 0 Å². The van der Waals surface area contributed by atoms with Gasteiger partial charge < -0.3 is 16.4 Å². The third-order valence-electron chi connectivity index (χ3n) is 6.67. The fourth-order valence-corrected chi connectivity index (χ4v) is 4.63. The van der Waals surface area contributed by atoms with Gasteiger partial charge in [-0.05, 0) is 55.2 Å². The zero-order valence-corrected chi connectivity index (χ0v) is 23.4. The number of benzene rings is 2. The second kappa shape index (κ2) is 16.3. The van der Waals surface area contributed by atoms with Gasteiger partial charge in [0.2, 0.25) is 17.7 Å². The largest absolute Gasteiger partial charge is 0.388 e. The molecular weight excluding hydrogens is 494 g/mol. The molecule has 3 atom stereocenters. The lowest BCUT2D eigenvalue weighted by Crippen LogP contribution is -2.51. The van der Waals surface area contributed by atoms with Crippen LogP contribution in [0.3, 0.4) is 0 Å². The molecule has 0 aliphatic rings. The number of nitrogens with one attached hydrogen (secondary N) is 3. The van der Waals surface area contributed by atoms with Gasteiger partial charge in [0.05, 0.1) is 18.3 Å². The maximum Gasteiger partial charge on any atom is 0.247 e. The number of hydrogen-bond donors (Lipinski definition) is 5. The molecule has 0 radical (unpaired) electrons. The van der Waals surface area contributed by atoms with Crippen LogP contribution in [0.15, 0.2) is 59.6 Å². The monoisotopic (exact) mass is 537 g/mol. The van der Waals surface area contributed by atoms with Gasteiger partial charge in [0.25, 0.3) is 0 Å². The molecule has 9 nitrogen and oxygen atoms in total. The highest BCUT2D eigenvalue weighted by atomic mass is 16.5. The van der Waals surface area contributed by atoms with Crippen LogP contribution in [0.4, 0.5) is 0 Å². The van der Waals surface area contributed by atoms with Gasteiger partial charge in [0, 0.05) is 19.4 Å². The maximum atomic E-state index is 13.6. The standard InChI is InChI=1S/C30H43N5O4/c1-20(2)17-26(25(29(37)35-39)12-8-11-22-9-6-5-7-10-22)28(36)34-27(30(38)32-4)18-23-13-15-24(16-14-23)19-33-21(3)31/h5-7,9-10,13-16,20,25-27,39H,8,11-12,17-19H2,1-4H3,(H2,31,33)(H,32,38)(H,34,36)(H,35,37)/t25?,26-,27+/m1/s1. The van der Waals surface area contributed by atoms with E-state index in [0.29, 0.717) is 31.6 Å². The van der Waals surface area contributed by atoms with Gasteiger partial charge >= 0.3 is 0 Å². The number of hydroxylamine groups is 1. The molecule has 0 spiro atoms. The molecular formula is C30H43N5O4. The highest BCUT2D eigenvalue weighted by molar-refractivity contribution is 5.91. The van der Waals surface area contributed by atoms with Gasteiger partial charge in [0.1, 0.15) is 6.04 Å². The van der Waals surface area contributed by atoms with Crippen LogP contribution in [0.1, 0.15) is 56.7 Å². The molecule has 2 rings (SSSR count). The number of likely N-dealkylation sites (N-methyl/N-ethyl adjacent to an activating group) is 1. The van der Waals surface area contributed by atoms with Crippen LogP contribution in [-0.2, 0) is 33.8 Å². The summed E-state index contributed by atoms with van der Waals surface area (Å²) in [6, 6.07) is 16.7. The van der Waals surface area contributed by atoms with Crippen LogP contribution in [-0.4, -0.2) is 41.9 Å². The summed E-state index contributed by atoms with van der Waals surface area (Å²) in [5.74, 6) is -2.12. The van der Waals surface area contributed by atoms with E-state index >= 15 is 0 Å². The lowest BCUT2D eigenvalue weighted by Gasteiger charge is -2.28. The summed E-state index contributed by atoms with van der Waals surface area (Å²) >= 11 is 0. The molecule has 0 heterocycles. The Morgan fingerprint density at radius 1 is 0.897 bits per heavy atom. The quantitative estimate of drug-likeness (QED) is 0.103. The second-order valence-corrected chi connectivity index (χ2v) is 10.4. The lowest BCUT2D eigenvalue weighted by molar-refractivity contribution is -0.142. The third kappa shape index (κ3) is 10.9. The minimum Gasteiger partial charge on any atom is -0.388 e. The minimum atomic E-state index is -0.825. The van der Waals surface area contributed by atoms with Gasteiger partial charge in [-0.25, -0.2) is 5.48 Å². The van der Waals surface area contributed by atoms with E-state index in [9.17, 15) is 19.6 Å². The van der Waals surface area contributed by atoms with Crippen molar-refractivity contribution in [2.24, 2.45) is 28.5 Å². The molecule has 0 bridgehead atoms. The highest BCUT2D eigenvalue weighted by Gasteiger charge is 2.35. The third-order valence-corrected chi connectivity index (χ3v) is 6.67. The van der Waals surface area contributed by atoms with Gasteiger partial charge in [-0.2, -0.15) is 0 Å². The number of carbonyl (C=O) groups excluding carboxylic acids is 3. The zero-order chi connectivity index (χ0) is 28.8. The Labute approximate surface area is 231 Å². The Bertz CT molecular complexity index is 1080. The Balaban J connectivity index is 2.19. The van der Waals surface area contributed by atoms with E-state index in [0.717, 1.165) is 23.1 Å². The number of amides is 3. The predicted octanol–water partition coefficient (Wildman–Crippen LogP) is 3.14. The number of carbonyl (C=O) groups is 3. The van der Waals surface area contributed by atoms with Gasteiger partial charge in [-0.15, -0.1) is 0 Å². The van der Waals surface area contributed by atoms with Crippen LogP contribution < -0.4 is 21.8 Å². The number of aryl methyl sites for hydroxylation is 1. The molecule has 39 heavy (non-hydrogen) atoms. The number of nitrogens with zero attached hydrogens (tertiary/aromatic N) is 1. The SMILES string of the molecule is CNC(=O)[C@H](Cc1ccc(CN=C(C)N)cc1)NC(=O)[C@H](CC(C)C)C(CCCc1ccccc1)C(=O)NO. The first-order valence-corrected chi connectivity index (χ1v) is 13.5. The summed E-state index contributed by atoms with van der Waals surface area (Å²) in [7, 11) is 1.52. The number of rotatable bonds is 15. The van der Waals surface area contributed by atoms with E-state index in [1.54, 1.807) is 12.4 Å². The molecule has 3 amide bonds. The molecule has 0 aromatic heterocycles. The van der Waals surface area contributed by atoms with Crippen molar-refractivity contribution in [2.75, 3.05) is 7.05 Å². The summed E-state index contributed by atoms with van der Waals surface area (Å²) < 4.78 is 0. The first-order valence-electron chi connectivity index (χ1n) is 13.5. The van der Waals surface area contributed by atoms with E-state index < -0.39 is 23.8 Å². The molecule has 0 aliphatic carbocycles. The second-order valence-electron chi connectivity index (χ2n) is 10.4. The van der Waals surface area contributed by atoms with E-state index in [4.69, 9.17) is 5.73 Å². The summed E-state index contributed by atoms with van der Waals surface area (Å²) in [5, 5.41) is 15.0. The summed E-state index contributed by atoms with van der Waals surface area (Å²) in [6.45, 7) is 6.15. The predicted molar refractivity (Wildman–Crippen MR) is 153 cm³/mol. The maximum absolute atomic E-state index is 13.6. The van der Waals surface area contributed by atoms with Crippen molar-refractivity contribution >= 4 is 23.6 Å². The topological polar surface area (TPSA) is 146 Å². The molecule has 9 heteroatoms. The fraction of sp³-hybridized carbons (Fsp3) is 0.467. The average molecular weight is 538 g/mol. The van der Waals surface area contributed by atoms with E-state index in [2.05, 4.69) is 15.6 Å². The molecule has 0 saturated heterocycles. The Morgan fingerprint density at radius 2 is 1.54 bits per heavy atom. The molecule has 2 aromatic carbocycles. The molecule has 0 fully saturated rings. The first-order chi connectivity index (χ1) is 18.6. The van der Waals surface area contributed by atoms with Crippen molar-refractivity contribution in [3.05, 3.63) is 71.3 Å². The van der Waals surface area contributed by atoms with Crippen molar-refractivity contribution in [3.8, 4) is 0 Å². The Kier molecular flexibility index (Phi) is 13.2. The normalized spacial score (nSPS) is 13.8. The van der Waals surface area contributed by atoms with E-state index in [-0.39, 0.29) is 24.2 Å². The Hall–Kier alpha value is -3.72. The van der Waals surface area contributed by atoms with Crippen LogP contribution in [0, 0.1) is 17.8 Å². The van der Waals surface area contributed by atoms with E-state index in [1.807, 2.05) is 68.4 Å². The van der Waals surface area contributed by atoms with Crippen molar-refractivity contribution in [1.82, 2.24) is 16.1 Å². The van der Waals surface area contributed by atoms with Crippen LogP contribution in [0.2, 0.25) is 0 Å². The molecule has 6 N–H and O–H groups in total. The first kappa shape index (κ1) is 31.5. The number of hydrogen-bond acceptors (Lipinski definition) is 5. The van der Waals surface area contributed by atoms with Crippen molar-refractivity contribution in [3.63, 3.8) is 0 Å². The summed E-state index contributed by atoms with van der Waals surface area (Å²) in [4.78, 5) is 43.3. The number of nitrogens with two attached hydrogens (primary N) is 1. The molecule has 212 valence electrons. The zero-order valence-electron chi connectivity index (χ0n) is 23.4. The molecule has 2 aromatic rings. The van der Waals surface area contributed by atoms with Crippen LogP contribution >= 0.6 is 0 Å². The van der Waals surface area contributed by atoms with Crippen molar-refractivity contribution < 1.29 is 19.6 Å². The number of amidine groups is 1. The molecule has 0 aliphatic heterocycles. The number of aliphatic imine (C=N–C) groups is 1. The van der Waals surface area contributed by atoms with Gasteiger partial charge in [-0.3, -0.25) is 24.6 Å². The van der Waals surface area contributed by atoms with Crippen LogP contribution in [0.25, 0.3) is 0 Å². The summed E-state index contributed by atoms with van der Waals surface area (Å²) in [6.07, 6.45) is 2.56. The molecule has 1 unspecified atom stereocenters. The smallest absolute Gasteiger partial charge is 0.247 e. The van der Waals surface area contributed by atoms with Gasteiger partial charge in [0.15, 0.2) is 0 Å². The summed E-state index contributed by atoms with van der Waals surface area (Å²) in [5.41, 5.74) is 10.4. The lowest BCUT2D eigenvalue weighted by atomic mass is 9.80. The van der Waals surface area contributed by atoms with Gasteiger partial charge in [-0.1, -0.05) is 68.4 Å². The highest BCUT2D eigenvalue weighted by Crippen LogP contribution is 2.27. The molecule has 0 saturated carbocycles.